The minimum absolute atomic E-state index is 0.00898. The number of nitrogens with zero attached hydrogens (tertiary/aromatic N) is 5. The average molecular weight is 356 g/mol. The van der Waals surface area contributed by atoms with Gasteiger partial charge in [-0.25, -0.2) is 12.9 Å². The fourth-order valence-corrected chi connectivity index (χ4v) is 2.71. The first-order valence-corrected chi connectivity index (χ1v) is 9.10. The fraction of sp³-hybridized carbons (Fsp3) is 0.133. The van der Waals surface area contributed by atoms with E-state index in [4.69, 9.17) is 5.26 Å². The molecule has 0 unspecified atom stereocenters. The van der Waals surface area contributed by atoms with Gasteiger partial charge in [-0.3, -0.25) is 15.1 Å². The first-order valence-electron chi connectivity index (χ1n) is 7.03. The maximum Gasteiger partial charge on any atom is 0.249 e. The molecule has 3 rings (SSSR count). The van der Waals surface area contributed by atoms with Gasteiger partial charge < -0.3 is 0 Å². The zero-order valence-corrected chi connectivity index (χ0v) is 13.9. The summed E-state index contributed by atoms with van der Waals surface area (Å²) in [6.07, 6.45) is 5.73. The molecule has 3 aromatic rings. The van der Waals surface area contributed by atoms with Crippen LogP contribution in [0.4, 0.5) is 5.95 Å². The lowest BCUT2D eigenvalue weighted by atomic mass is 10.1. The molecule has 1 amide bonds. The number of anilines is 1. The molecule has 3 aromatic heterocycles. The van der Waals surface area contributed by atoms with Crippen LogP contribution >= 0.6 is 0 Å². The van der Waals surface area contributed by atoms with Gasteiger partial charge in [-0.2, -0.15) is 10.2 Å². The largest absolute Gasteiger partial charge is 0.292 e. The van der Waals surface area contributed by atoms with E-state index in [0.29, 0.717) is 11.2 Å². The Kier molecular flexibility index (Phi) is 4.16. The number of hydrogen-bond donors (Lipinski definition) is 1. The van der Waals surface area contributed by atoms with Crippen molar-refractivity contribution in [1.82, 2.24) is 19.6 Å². The summed E-state index contributed by atoms with van der Waals surface area (Å²) in [5.41, 5.74) is 2.41. The molecule has 1 N–H and O–H groups in total. The predicted molar refractivity (Wildman–Crippen MR) is 89.3 cm³/mol. The summed E-state index contributed by atoms with van der Waals surface area (Å²) < 4.78 is 23.7. The Labute approximate surface area is 142 Å². The first-order chi connectivity index (χ1) is 11.8. The van der Waals surface area contributed by atoms with Crippen molar-refractivity contribution in [3.05, 3.63) is 42.4 Å². The number of nitriles is 1. The zero-order valence-electron chi connectivity index (χ0n) is 13.0. The second-order valence-corrected chi connectivity index (χ2v) is 7.49. The van der Waals surface area contributed by atoms with E-state index in [1.165, 1.54) is 10.7 Å². The van der Waals surface area contributed by atoms with Gasteiger partial charge >= 0.3 is 0 Å². The molecule has 25 heavy (non-hydrogen) atoms. The Hall–Kier alpha value is -3.32. The van der Waals surface area contributed by atoms with Crippen LogP contribution in [0.1, 0.15) is 5.56 Å². The first kappa shape index (κ1) is 16.5. The van der Waals surface area contributed by atoms with Gasteiger partial charge in [0.1, 0.15) is 11.8 Å². The van der Waals surface area contributed by atoms with Crippen LogP contribution in [-0.2, 0) is 14.6 Å². The van der Waals surface area contributed by atoms with Gasteiger partial charge in [-0.05, 0) is 18.2 Å². The number of aromatic nitrogens is 4. The van der Waals surface area contributed by atoms with Crippen LogP contribution < -0.4 is 5.32 Å². The van der Waals surface area contributed by atoms with Crippen LogP contribution in [0.2, 0.25) is 0 Å². The molecule has 3 heterocycles. The van der Waals surface area contributed by atoms with E-state index in [1.807, 2.05) is 6.07 Å². The van der Waals surface area contributed by atoms with E-state index >= 15 is 0 Å². The number of rotatable bonds is 4. The van der Waals surface area contributed by atoms with Crippen LogP contribution in [0.25, 0.3) is 16.8 Å². The second-order valence-electron chi connectivity index (χ2n) is 5.35. The van der Waals surface area contributed by atoms with Crippen molar-refractivity contribution in [2.45, 2.75) is 0 Å². The van der Waals surface area contributed by atoms with Crippen molar-refractivity contribution >= 4 is 27.3 Å². The smallest absolute Gasteiger partial charge is 0.249 e. The summed E-state index contributed by atoms with van der Waals surface area (Å²) in [5.74, 6) is -1.33. The Bertz CT molecular complexity index is 1110. The highest BCUT2D eigenvalue weighted by Gasteiger charge is 2.14. The summed E-state index contributed by atoms with van der Waals surface area (Å²) in [7, 11) is -3.43. The third-order valence-electron chi connectivity index (χ3n) is 3.18. The number of sulfone groups is 1. The van der Waals surface area contributed by atoms with Crippen LogP contribution in [0, 0.1) is 11.3 Å². The number of fused-ring (bicyclic) bond motifs is 1. The Morgan fingerprint density at radius 1 is 1.32 bits per heavy atom. The van der Waals surface area contributed by atoms with Gasteiger partial charge in [0, 0.05) is 36.0 Å². The molecule has 0 aliphatic carbocycles. The van der Waals surface area contributed by atoms with Gasteiger partial charge in [0.25, 0.3) is 0 Å². The lowest BCUT2D eigenvalue weighted by Gasteiger charge is -2.01. The lowest BCUT2D eigenvalue weighted by molar-refractivity contribution is -0.113. The molecule has 10 heteroatoms. The van der Waals surface area contributed by atoms with Crippen molar-refractivity contribution in [3.63, 3.8) is 0 Å². The third-order valence-corrected chi connectivity index (χ3v) is 3.96. The van der Waals surface area contributed by atoms with E-state index < -0.39 is 21.5 Å². The molecular formula is C15H12N6O3S. The second kappa shape index (κ2) is 6.29. The minimum atomic E-state index is -3.43. The van der Waals surface area contributed by atoms with E-state index in [-0.39, 0.29) is 5.95 Å². The Morgan fingerprint density at radius 3 is 2.84 bits per heavy atom. The molecular weight excluding hydrogens is 344 g/mol. The summed E-state index contributed by atoms with van der Waals surface area (Å²) >= 11 is 0. The highest BCUT2D eigenvalue weighted by molar-refractivity contribution is 7.91. The van der Waals surface area contributed by atoms with Crippen molar-refractivity contribution in [1.29, 1.82) is 5.26 Å². The summed E-state index contributed by atoms with van der Waals surface area (Å²) in [6, 6.07) is 7.19. The predicted octanol–water partition coefficient (Wildman–Crippen LogP) is 0.646. The lowest BCUT2D eigenvalue weighted by Crippen LogP contribution is -2.22. The molecule has 0 spiro atoms. The van der Waals surface area contributed by atoms with Crippen LogP contribution in [0.5, 0.6) is 0 Å². The van der Waals surface area contributed by atoms with Crippen molar-refractivity contribution in [2.75, 3.05) is 17.3 Å². The highest BCUT2D eigenvalue weighted by Crippen LogP contribution is 2.20. The summed E-state index contributed by atoms with van der Waals surface area (Å²) in [5, 5.41) is 15.4. The van der Waals surface area contributed by atoms with Gasteiger partial charge in [0.05, 0.1) is 5.56 Å². The van der Waals surface area contributed by atoms with Gasteiger partial charge in [0.15, 0.2) is 15.5 Å². The van der Waals surface area contributed by atoms with E-state index in [9.17, 15) is 13.2 Å². The van der Waals surface area contributed by atoms with Gasteiger partial charge in [-0.15, -0.1) is 5.10 Å². The molecule has 0 bridgehead atoms. The Morgan fingerprint density at radius 2 is 2.12 bits per heavy atom. The SMILES string of the molecule is CS(=O)(=O)CC(=O)Nc1nc2ccc(-c3cncc(C#N)c3)cn2n1. The van der Waals surface area contributed by atoms with Crippen LogP contribution in [0.3, 0.4) is 0 Å². The maximum atomic E-state index is 11.6. The maximum absolute atomic E-state index is 11.6. The molecule has 0 saturated carbocycles. The molecule has 0 atom stereocenters. The van der Waals surface area contributed by atoms with Crippen LogP contribution in [0.15, 0.2) is 36.8 Å². The molecule has 0 aromatic carbocycles. The topological polar surface area (TPSA) is 130 Å². The minimum Gasteiger partial charge on any atom is -0.292 e. The van der Waals surface area contributed by atoms with E-state index in [1.54, 1.807) is 30.6 Å². The molecule has 9 nitrogen and oxygen atoms in total. The normalized spacial score (nSPS) is 11.2. The highest BCUT2D eigenvalue weighted by atomic mass is 32.2. The number of carbonyl (C=O) groups excluding carboxylic acids is 1. The quantitative estimate of drug-likeness (QED) is 0.726. The fourth-order valence-electron chi connectivity index (χ4n) is 2.16. The van der Waals surface area contributed by atoms with Gasteiger partial charge in [0.2, 0.25) is 11.9 Å². The third kappa shape index (κ3) is 3.96. The van der Waals surface area contributed by atoms with Gasteiger partial charge in [-0.1, -0.05) is 0 Å². The van der Waals surface area contributed by atoms with Crippen molar-refractivity contribution < 1.29 is 13.2 Å². The Balaban J connectivity index is 1.89. The molecule has 126 valence electrons. The number of pyridine rings is 2. The standard InChI is InChI=1S/C15H12N6O3S/c1-25(23,24)9-14(22)19-15-18-13-3-2-11(8-21(13)20-15)12-4-10(5-16)6-17-7-12/h2-4,6-8H,9H2,1H3,(H,19,20,22). The molecule has 0 fully saturated rings. The molecule has 0 aliphatic heterocycles. The number of hydrogen-bond acceptors (Lipinski definition) is 7. The van der Waals surface area contributed by atoms with E-state index in [0.717, 1.165) is 17.4 Å². The zero-order chi connectivity index (χ0) is 18.0. The summed E-state index contributed by atoms with van der Waals surface area (Å²) in [4.78, 5) is 19.8. The van der Waals surface area contributed by atoms with Crippen molar-refractivity contribution in [2.24, 2.45) is 0 Å². The average Bonchev–Trinajstić information content (AvgIpc) is 2.94. The number of nitrogens with one attached hydrogen (secondary N) is 1. The van der Waals surface area contributed by atoms with E-state index in [2.05, 4.69) is 20.4 Å². The monoisotopic (exact) mass is 356 g/mol. The van der Waals surface area contributed by atoms with Crippen molar-refractivity contribution in [3.8, 4) is 17.2 Å². The molecule has 0 saturated heterocycles. The number of amides is 1. The van der Waals surface area contributed by atoms with Crippen LogP contribution in [-0.4, -0.2) is 45.9 Å². The molecule has 0 aliphatic rings. The number of carbonyl (C=O) groups is 1. The summed E-state index contributed by atoms with van der Waals surface area (Å²) in [6.45, 7) is 0. The molecule has 0 radical (unpaired) electrons.